The summed E-state index contributed by atoms with van der Waals surface area (Å²) >= 11 is 0. The van der Waals surface area contributed by atoms with Crippen LogP contribution in [-0.4, -0.2) is 58.8 Å². The largest absolute Gasteiger partial charge is 0.392 e. The number of hydrogen-bond acceptors (Lipinski definition) is 5. The third-order valence-corrected chi connectivity index (χ3v) is 6.25. The second kappa shape index (κ2) is 8.09. The molecular weight excluding hydrogens is 360 g/mol. The lowest BCUT2D eigenvalue weighted by molar-refractivity contribution is 0.0637. The molecule has 2 unspecified atom stereocenters. The first-order chi connectivity index (χ1) is 14.2. The summed E-state index contributed by atoms with van der Waals surface area (Å²) in [7, 11) is 0. The van der Waals surface area contributed by atoms with E-state index in [1.54, 1.807) is 0 Å². The molecule has 2 aliphatic rings. The van der Waals surface area contributed by atoms with Crippen LogP contribution in [0, 0.1) is 5.92 Å². The number of β-amino-alcohol motifs (C(OH)–C–C–N with tert-alkyl or cyclic N) is 1. The summed E-state index contributed by atoms with van der Waals surface area (Å²) in [5, 5.41) is 12.4. The van der Waals surface area contributed by atoms with Crippen molar-refractivity contribution in [3.63, 3.8) is 0 Å². The van der Waals surface area contributed by atoms with Gasteiger partial charge in [-0.25, -0.2) is 9.97 Å². The molecule has 2 aliphatic heterocycles. The van der Waals surface area contributed by atoms with Crippen LogP contribution in [0.25, 0.3) is 22.0 Å². The molecule has 0 spiro atoms. The number of likely N-dealkylation sites (tertiary alicyclic amines) is 1. The van der Waals surface area contributed by atoms with Crippen LogP contribution in [0.1, 0.15) is 19.3 Å². The first kappa shape index (κ1) is 18.5. The van der Waals surface area contributed by atoms with Crippen LogP contribution < -0.4 is 4.90 Å². The molecule has 0 aliphatic carbocycles. The molecule has 0 bridgehead atoms. The van der Waals surface area contributed by atoms with E-state index in [4.69, 9.17) is 4.98 Å². The third kappa shape index (κ3) is 4.11. The van der Waals surface area contributed by atoms with Crippen LogP contribution in [0.4, 0.5) is 5.95 Å². The van der Waals surface area contributed by atoms with Crippen molar-refractivity contribution < 1.29 is 5.11 Å². The Morgan fingerprint density at radius 1 is 0.966 bits per heavy atom. The zero-order valence-corrected chi connectivity index (χ0v) is 16.7. The number of nitrogens with zero attached hydrogens (tertiary/aromatic N) is 4. The van der Waals surface area contributed by atoms with E-state index >= 15 is 0 Å². The Kier molecular flexibility index (Phi) is 5.17. The van der Waals surface area contributed by atoms with E-state index in [1.165, 1.54) is 10.8 Å². The summed E-state index contributed by atoms with van der Waals surface area (Å²) in [5.41, 5.74) is 2.11. The van der Waals surface area contributed by atoms with Crippen molar-refractivity contribution >= 4 is 16.7 Å². The predicted molar refractivity (Wildman–Crippen MR) is 117 cm³/mol. The predicted octanol–water partition coefficient (Wildman–Crippen LogP) is 3.58. The van der Waals surface area contributed by atoms with Crippen LogP contribution in [0.15, 0.2) is 54.7 Å². The number of aliphatic hydroxyl groups is 1. The Hall–Kier alpha value is -2.50. The quantitative estimate of drug-likeness (QED) is 0.740. The molecule has 2 atom stereocenters. The fourth-order valence-electron chi connectivity index (χ4n) is 4.74. The zero-order chi connectivity index (χ0) is 19.6. The summed E-state index contributed by atoms with van der Waals surface area (Å²) in [6.07, 6.45) is 4.94. The van der Waals surface area contributed by atoms with Gasteiger partial charge in [0.05, 0.1) is 11.8 Å². The molecule has 1 aromatic heterocycles. The molecular formula is C24H28N4O. The Balaban J connectivity index is 1.29. The average molecular weight is 389 g/mol. The van der Waals surface area contributed by atoms with Crippen LogP contribution in [0.3, 0.4) is 0 Å². The Morgan fingerprint density at radius 3 is 2.76 bits per heavy atom. The Morgan fingerprint density at radius 2 is 1.86 bits per heavy atom. The standard InChI is InChI=1S/C24H28N4O/c29-22-6-3-12-27(17-22)15-18-10-13-28(16-18)24-25-11-9-23(26-24)21-8-7-19-4-1-2-5-20(19)14-21/h1-2,4-5,7-9,11,14,18,22,29H,3,6,10,12-13,15-17H2. The van der Waals surface area contributed by atoms with Crippen LogP contribution >= 0.6 is 0 Å². The van der Waals surface area contributed by atoms with Crippen molar-refractivity contribution in [1.82, 2.24) is 14.9 Å². The van der Waals surface area contributed by atoms with E-state index in [-0.39, 0.29) is 6.10 Å². The van der Waals surface area contributed by atoms with Crippen LogP contribution in [0.2, 0.25) is 0 Å². The van der Waals surface area contributed by atoms with Gasteiger partial charge in [0.1, 0.15) is 0 Å². The van der Waals surface area contributed by atoms with Crippen LogP contribution in [0.5, 0.6) is 0 Å². The van der Waals surface area contributed by atoms with Crippen molar-refractivity contribution in [2.24, 2.45) is 5.92 Å². The van der Waals surface area contributed by atoms with Gasteiger partial charge in [-0.1, -0.05) is 36.4 Å². The van der Waals surface area contributed by atoms with E-state index in [1.807, 2.05) is 12.3 Å². The molecule has 3 heterocycles. The number of aromatic nitrogens is 2. The highest BCUT2D eigenvalue weighted by Gasteiger charge is 2.28. The van der Waals surface area contributed by atoms with Gasteiger partial charge < -0.3 is 14.9 Å². The van der Waals surface area contributed by atoms with Crippen molar-refractivity contribution in [1.29, 1.82) is 0 Å². The van der Waals surface area contributed by atoms with E-state index in [0.29, 0.717) is 5.92 Å². The molecule has 2 aromatic carbocycles. The first-order valence-electron chi connectivity index (χ1n) is 10.7. The molecule has 5 heteroatoms. The second-order valence-electron chi connectivity index (χ2n) is 8.46. The second-order valence-corrected chi connectivity index (χ2v) is 8.46. The fraction of sp³-hybridized carbons (Fsp3) is 0.417. The van der Waals surface area contributed by atoms with Gasteiger partial charge in [0.2, 0.25) is 5.95 Å². The molecule has 150 valence electrons. The molecule has 0 amide bonds. The minimum atomic E-state index is -0.150. The molecule has 0 radical (unpaired) electrons. The number of anilines is 1. The van der Waals surface area contributed by atoms with Crippen molar-refractivity contribution in [2.75, 3.05) is 37.6 Å². The molecule has 1 N–H and O–H groups in total. The van der Waals surface area contributed by atoms with Crippen molar-refractivity contribution in [3.05, 3.63) is 54.7 Å². The maximum Gasteiger partial charge on any atom is 0.225 e. The van der Waals surface area contributed by atoms with Gasteiger partial charge in [-0.05, 0) is 54.6 Å². The van der Waals surface area contributed by atoms with Crippen LogP contribution in [-0.2, 0) is 0 Å². The number of piperidine rings is 1. The molecule has 29 heavy (non-hydrogen) atoms. The zero-order valence-electron chi connectivity index (χ0n) is 16.7. The number of hydrogen-bond donors (Lipinski definition) is 1. The van der Waals surface area contributed by atoms with Gasteiger partial charge in [0, 0.05) is 37.9 Å². The van der Waals surface area contributed by atoms with E-state index < -0.39 is 0 Å². The highest BCUT2D eigenvalue weighted by Crippen LogP contribution is 2.27. The third-order valence-electron chi connectivity index (χ3n) is 6.25. The lowest BCUT2D eigenvalue weighted by Gasteiger charge is -2.31. The lowest BCUT2D eigenvalue weighted by atomic mass is 10.0. The highest BCUT2D eigenvalue weighted by atomic mass is 16.3. The molecule has 2 fully saturated rings. The number of aliphatic hydroxyl groups excluding tert-OH is 1. The fourth-order valence-corrected chi connectivity index (χ4v) is 4.74. The van der Waals surface area contributed by atoms with E-state index in [9.17, 15) is 5.11 Å². The summed E-state index contributed by atoms with van der Waals surface area (Å²) in [6.45, 7) is 5.00. The maximum absolute atomic E-state index is 9.92. The van der Waals surface area contributed by atoms with E-state index in [0.717, 1.165) is 69.2 Å². The van der Waals surface area contributed by atoms with Gasteiger partial charge in [0.25, 0.3) is 0 Å². The van der Waals surface area contributed by atoms with Gasteiger partial charge in [-0.15, -0.1) is 0 Å². The molecule has 2 saturated heterocycles. The lowest BCUT2D eigenvalue weighted by Crippen LogP contribution is -2.41. The summed E-state index contributed by atoms with van der Waals surface area (Å²) < 4.78 is 0. The molecule has 5 rings (SSSR count). The maximum atomic E-state index is 9.92. The summed E-state index contributed by atoms with van der Waals surface area (Å²) in [6, 6.07) is 16.9. The molecule has 0 saturated carbocycles. The van der Waals surface area contributed by atoms with E-state index in [2.05, 4.69) is 57.2 Å². The first-order valence-corrected chi connectivity index (χ1v) is 10.7. The Labute approximate surface area is 172 Å². The minimum absolute atomic E-state index is 0.150. The highest BCUT2D eigenvalue weighted by molar-refractivity contribution is 5.86. The smallest absolute Gasteiger partial charge is 0.225 e. The number of rotatable bonds is 4. The topological polar surface area (TPSA) is 52.5 Å². The number of benzene rings is 2. The SMILES string of the molecule is OC1CCCN(CC2CCN(c3nccc(-c4ccc5ccccc5c4)n3)C2)C1. The van der Waals surface area contributed by atoms with Gasteiger partial charge in [0.15, 0.2) is 0 Å². The monoisotopic (exact) mass is 388 g/mol. The number of fused-ring (bicyclic) bond motifs is 1. The summed E-state index contributed by atoms with van der Waals surface area (Å²) in [5.74, 6) is 1.45. The van der Waals surface area contributed by atoms with Gasteiger partial charge in [-0.2, -0.15) is 0 Å². The average Bonchev–Trinajstić information content (AvgIpc) is 3.22. The van der Waals surface area contributed by atoms with Crippen molar-refractivity contribution in [2.45, 2.75) is 25.4 Å². The van der Waals surface area contributed by atoms with Crippen molar-refractivity contribution in [3.8, 4) is 11.3 Å². The molecule has 5 nitrogen and oxygen atoms in total. The Bertz CT molecular complexity index is 991. The molecule has 3 aromatic rings. The normalized spacial score (nSPS) is 23.0. The van der Waals surface area contributed by atoms with Gasteiger partial charge in [-0.3, -0.25) is 0 Å². The summed E-state index contributed by atoms with van der Waals surface area (Å²) in [4.78, 5) is 14.2. The van der Waals surface area contributed by atoms with Gasteiger partial charge >= 0.3 is 0 Å². The minimum Gasteiger partial charge on any atom is -0.392 e.